The average molecular weight is 184 g/mol. The van der Waals surface area contributed by atoms with Crippen LogP contribution >= 0.6 is 0 Å². The van der Waals surface area contributed by atoms with Crippen LogP contribution in [0.15, 0.2) is 0 Å². The Bertz CT molecular complexity index is 189. The van der Waals surface area contributed by atoms with Gasteiger partial charge in [0.25, 0.3) is 0 Å². The monoisotopic (exact) mass is 184 g/mol. The number of nitrogens with two attached hydrogens (primary N) is 1. The van der Waals surface area contributed by atoms with Gasteiger partial charge in [0, 0.05) is 31.5 Å². The van der Waals surface area contributed by atoms with Crippen LogP contribution in [0.2, 0.25) is 0 Å². The third-order valence-electron chi connectivity index (χ3n) is 2.57. The Hall–Kier alpha value is -0.570. The average Bonchev–Trinajstić information content (AvgIpc) is 2.31. The molecule has 76 valence electrons. The number of hydrogen-bond donors (Lipinski definition) is 1. The van der Waals surface area contributed by atoms with Crippen molar-refractivity contribution in [1.29, 1.82) is 0 Å². The van der Waals surface area contributed by atoms with Crippen LogP contribution in [0.25, 0.3) is 0 Å². The van der Waals surface area contributed by atoms with Crippen molar-refractivity contribution in [3.8, 4) is 0 Å². The smallest absolute Gasteiger partial charge is 0.222 e. The fraction of sp³-hybridized carbons (Fsp3) is 0.900. The SMILES string of the molecule is CC(C)CN1CC(C(C)N)CC1=O. The molecule has 2 N–H and O–H groups in total. The Balaban J connectivity index is 2.47. The molecule has 3 nitrogen and oxygen atoms in total. The molecule has 1 rings (SSSR count). The van der Waals surface area contributed by atoms with E-state index in [1.54, 1.807) is 0 Å². The topological polar surface area (TPSA) is 46.3 Å². The van der Waals surface area contributed by atoms with Crippen molar-refractivity contribution in [3.05, 3.63) is 0 Å². The molecular weight excluding hydrogens is 164 g/mol. The Labute approximate surface area is 80.3 Å². The first-order valence-electron chi connectivity index (χ1n) is 5.04. The largest absolute Gasteiger partial charge is 0.342 e. The Morgan fingerprint density at radius 3 is 2.54 bits per heavy atom. The van der Waals surface area contributed by atoms with Gasteiger partial charge in [0.1, 0.15) is 0 Å². The molecule has 1 fully saturated rings. The van der Waals surface area contributed by atoms with Crippen molar-refractivity contribution in [2.24, 2.45) is 17.6 Å². The molecule has 0 radical (unpaired) electrons. The normalized spacial score (nSPS) is 25.8. The summed E-state index contributed by atoms with van der Waals surface area (Å²) < 4.78 is 0. The minimum Gasteiger partial charge on any atom is -0.342 e. The van der Waals surface area contributed by atoms with Crippen molar-refractivity contribution in [3.63, 3.8) is 0 Å². The molecule has 13 heavy (non-hydrogen) atoms. The van der Waals surface area contributed by atoms with E-state index in [0.29, 0.717) is 18.3 Å². The number of carbonyl (C=O) groups is 1. The summed E-state index contributed by atoms with van der Waals surface area (Å²) in [5.74, 6) is 1.19. The predicted octanol–water partition coefficient (Wildman–Crippen LogP) is 0.838. The summed E-state index contributed by atoms with van der Waals surface area (Å²) in [6, 6.07) is 0.140. The minimum atomic E-state index is 0.140. The van der Waals surface area contributed by atoms with Gasteiger partial charge in [-0.1, -0.05) is 13.8 Å². The van der Waals surface area contributed by atoms with Gasteiger partial charge in [-0.25, -0.2) is 0 Å². The second kappa shape index (κ2) is 4.09. The van der Waals surface area contributed by atoms with Crippen molar-refractivity contribution < 1.29 is 4.79 Å². The number of hydrogen-bond acceptors (Lipinski definition) is 2. The first kappa shape index (κ1) is 10.5. The first-order valence-corrected chi connectivity index (χ1v) is 5.04. The highest BCUT2D eigenvalue weighted by atomic mass is 16.2. The first-order chi connectivity index (χ1) is 6.00. The summed E-state index contributed by atoms with van der Waals surface area (Å²) in [5, 5.41) is 0. The van der Waals surface area contributed by atoms with Crippen molar-refractivity contribution in [1.82, 2.24) is 4.90 Å². The molecule has 0 bridgehead atoms. The van der Waals surface area contributed by atoms with Crippen LogP contribution < -0.4 is 5.73 Å². The minimum absolute atomic E-state index is 0.140. The molecule has 0 aromatic rings. The van der Waals surface area contributed by atoms with E-state index in [4.69, 9.17) is 5.73 Å². The zero-order chi connectivity index (χ0) is 10.0. The van der Waals surface area contributed by atoms with E-state index in [2.05, 4.69) is 13.8 Å². The second-order valence-corrected chi connectivity index (χ2v) is 4.52. The third kappa shape index (κ3) is 2.69. The maximum absolute atomic E-state index is 11.5. The van der Waals surface area contributed by atoms with E-state index < -0.39 is 0 Å². The number of amides is 1. The molecule has 1 aliphatic heterocycles. The zero-order valence-electron chi connectivity index (χ0n) is 8.79. The van der Waals surface area contributed by atoms with Crippen LogP contribution in [-0.4, -0.2) is 29.9 Å². The molecule has 1 heterocycles. The number of likely N-dealkylation sites (tertiary alicyclic amines) is 1. The zero-order valence-corrected chi connectivity index (χ0v) is 8.79. The maximum atomic E-state index is 11.5. The fourth-order valence-corrected chi connectivity index (χ4v) is 1.77. The van der Waals surface area contributed by atoms with Crippen LogP contribution in [-0.2, 0) is 4.79 Å². The molecule has 0 aromatic heterocycles. The molecule has 2 unspecified atom stereocenters. The number of carbonyl (C=O) groups excluding carboxylic acids is 1. The molecule has 1 saturated heterocycles. The van der Waals surface area contributed by atoms with E-state index in [-0.39, 0.29) is 11.9 Å². The van der Waals surface area contributed by atoms with Gasteiger partial charge in [-0.2, -0.15) is 0 Å². The van der Waals surface area contributed by atoms with Gasteiger partial charge in [-0.15, -0.1) is 0 Å². The van der Waals surface area contributed by atoms with Gasteiger partial charge in [0.15, 0.2) is 0 Å². The van der Waals surface area contributed by atoms with Crippen LogP contribution in [0.5, 0.6) is 0 Å². The molecule has 3 heteroatoms. The highest BCUT2D eigenvalue weighted by molar-refractivity contribution is 5.78. The van der Waals surface area contributed by atoms with Gasteiger partial charge in [-0.05, 0) is 12.8 Å². The number of rotatable bonds is 3. The Morgan fingerprint density at radius 2 is 2.15 bits per heavy atom. The maximum Gasteiger partial charge on any atom is 0.222 e. The highest BCUT2D eigenvalue weighted by Gasteiger charge is 2.31. The molecule has 1 aliphatic rings. The quantitative estimate of drug-likeness (QED) is 0.706. The van der Waals surface area contributed by atoms with E-state index in [1.165, 1.54) is 0 Å². The van der Waals surface area contributed by atoms with Gasteiger partial charge < -0.3 is 10.6 Å². The lowest BCUT2D eigenvalue weighted by Gasteiger charge is -2.19. The molecular formula is C10H20N2O. The predicted molar refractivity (Wildman–Crippen MR) is 53.2 cm³/mol. The van der Waals surface area contributed by atoms with Crippen LogP contribution in [0, 0.1) is 11.8 Å². The van der Waals surface area contributed by atoms with E-state index in [9.17, 15) is 4.79 Å². The molecule has 0 saturated carbocycles. The summed E-state index contributed by atoms with van der Waals surface area (Å²) >= 11 is 0. The van der Waals surface area contributed by atoms with E-state index in [1.807, 2.05) is 11.8 Å². The molecule has 2 atom stereocenters. The standard InChI is InChI=1S/C10H20N2O/c1-7(2)5-12-6-9(8(3)11)4-10(12)13/h7-9H,4-6,11H2,1-3H3. The summed E-state index contributed by atoms with van der Waals surface area (Å²) in [6.45, 7) is 7.98. The van der Waals surface area contributed by atoms with Gasteiger partial charge >= 0.3 is 0 Å². The second-order valence-electron chi connectivity index (χ2n) is 4.52. The Kier molecular flexibility index (Phi) is 3.31. The van der Waals surface area contributed by atoms with Crippen LogP contribution in [0.3, 0.4) is 0 Å². The van der Waals surface area contributed by atoms with Crippen molar-refractivity contribution >= 4 is 5.91 Å². The number of nitrogens with zero attached hydrogens (tertiary/aromatic N) is 1. The summed E-state index contributed by atoms with van der Waals surface area (Å²) in [5.41, 5.74) is 5.77. The van der Waals surface area contributed by atoms with Gasteiger partial charge in [-0.3, -0.25) is 4.79 Å². The molecule has 0 spiro atoms. The lowest BCUT2D eigenvalue weighted by atomic mass is 10.0. The Morgan fingerprint density at radius 1 is 1.54 bits per heavy atom. The molecule has 0 aliphatic carbocycles. The van der Waals surface area contributed by atoms with Crippen LogP contribution in [0.1, 0.15) is 27.2 Å². The fourth-order valence-electron chi connectivity index (χ4n) is 1.77. The lowest BCUT2D eigenvalue weighted by molar-refractivity contribution is -0.128. The summed E-state index contributed by atoms with van der Waals surface area (Å²) in [4.78, 5) is 13.4. The third-order valence-corrected chi connectivity index (χ3v) is 2.57. The summed E-state index contributed by atoms with van der Waals surface area (Å²) in [6.07, 6.45) is 0.643. The lowest BCUT2D eigenvalue weighted by Crippen LogP contribution is -2.32. The molecule has 1 amide bonds. The van der Waals surface area contributed by atoms with Gasteiger partial charge in [0.05, 0.1) is 0 Å². The van der Waals surface area contributed by atoms with Crippen molar-refractivity contribution in [2.45, 2.75) is 33.2 Å². The van der Waals surface area contributed by atoms with Crippen LogP contribution in [0.4, 0.5) is 0 Å². The van der Waals surface area contributed by atoms with Crippen molar-refractivity contribution in [2.75, 3.05) is 13.1 Å². The van der Waals surface area contributed by atoms with Gasteiger partial charge in [0.2, 0.25) is 5.91 Å². The highest BCUT2D eigenvalue weighted by Crippen LogP contribution is 2.20. The summed E-state index contributed by atoms with van der Waals surface area (Å²) in [7, 11) is 0. The van der Waals surface area contributed by atoms with E-state index >= 15 is 0 Å². The molecule has 0 aromatic carbocycles. The van der Waals surface area contributed by atoms with E-state index in [0.717, 1.165) is 13.1 Å².